The Labute approximate surface area is 183 Å². The predicted octanol–water partition coefficient (Wildman–Crippen LogP) is 6.46. The predicted molar refractivity (Wildman–Crippen MR) is 121 cm³/mol. The normalized spacial score (nSPS) is 36.3. The monoisotopic (exact) mass is 408 g/mol. The molecule has 1 N–H and O–H groups in total. The van der Waals surface area contributed by atoms with Crippen molar-refractivity contribution in [3.8, 4) is 11.8 Å². The van der Waals surface area contributed by atoms with Crippen molar-refractivity contribution in [2.45, 2.75) is 116 Å². The van der Waals surface area contributed by atoms with Crippen LogP contribution >= 0.6 is 0 Å². The average molecular weight is 409 g/mol. The number of hydrogen-bond acceptors (Lipinski definition) is 2. The Bertz CT molecular complexity index is 868. The summed E-state index contributed by atoms with van der Waals surface area (Å²) >= 11 is 0. The minimum atomic E-state index is -3.11. The fraction of sp³-hybridized carbons (Fsp3) is 0.840. The van der Waals surface area contributed by atoms with E-state index in [-0.39, 0.29) is 22.0 Å². The lowest BCUT2D eigenvalue weighted by Crippen LogP contribution is -2.49. The molecule has 0 aliphatic heterocycles. The molecule has 3 unspecified atom stereocenters. The standard InChI is InChI=1S/C25H42O2Si/c1-22(2,3)28(7,8)27-20-11-9-15-24(6)19(20)12-13-21(24)25(17-18-25)16-10-14-23(4,5)26/h13,19-20,26H,9,11-12,15-18H2,1-8H3/i4D3,5D3. The Morgan fingerprint density at radius 1 is 1.29 bits per heavy atom. The van der Waals surface area contributed by atoms with Crippen LogP contribution in [-0.4, -0.2) is 25.1 Å². The van der Waals surface area contributed by atoms with Gasteiger partial charge in [0.05, 0.1) is 0 Å². The molecule has 0 aromatic heterocycles. The average Bonchev–Trinajstić information content (AvgIpc) is 3.32. The molecule has 2 nitrogen and oxygen atoms in total. The molecule has 0 spiro atoms. The summed E-state index contributed by atoms with van der Waals surface area (Å²) in [6.07, 6.45) is 9.20. The summed E-state index contributed by atoms with van der Waals surface area (Å²) in [5.74, 6) is 5.51. The molecule has 0 saturated heterocycles. The summed E-state index contributed by atoms with van der Waals surface area (Å²) in [6.45, 7) is 7.60. The van der Waals surface area contributed by atoms with Crippen LogP contribution < -0.4 is 0 Å². The van der Waals surface area contributed by atoms with Crippen LogP contribution in [0.2, 0.25) is 18.1 Å². The van der Waals surface area contributed by atoms with E-state index in [0.29, 0.717) is 12.3 Å². The van der Waals surface area contributed by atoms with Crippen LogP contribution in [0, 0.1) is 28.6 Å². The van der Waals surface area contributed by atoms with Crippen molar-refractivity contribution in [3.63, 3.8) is 0 Å². The smallest absolute Gasteiger partial charge is 0.192 e. The van der Waals surface area contributed by atoms with Crippen molar-refractivity contribution < 1.29 is 17.8 Å². The lowest BCUT2D eigenvalue weighted by atomic mass is 9.62. The zero-order chi connectivity index (χ0) is 26.0. The molecular weight excluding hydrogens is 360 g/mol. The Morgan fingerprint density at radius 2 is 1.96 bits per heavy atom. The summed E-state index contributed by atoms with van der Waals surface area (Å²) < 4.78 is 52.2. The first-order valence-electron chi connectivity index (χ1n) is 13.8. The lowest BCUT2D eigenvalue weighted by molar-refractivity contribution is 0.0150. The second-order valence-electron chi connectivity index (χ2n) is 11.2. The molecule has 3 heteroatoms. The number of aliphatic hydroxyl groups is 1. The van der Waals surface area contributed by atoms with Crippen LogP contribution in [-0.2, 0) is 4.43 Å². The fourth-order valence-electron chi connectivity index (χ4n) is 5.24. The molecule has 0 amide bonds. The summed E-state index contributed by atoms with van der Waals surface area (Å²) in [4.78, 5) is 0. The van der Waals surface area contributed by atoms with Gasteiger partial charge in [0.15, 0.2) is 8.32 Å². The molecule has 28 heavy (non-hydrogen) atoms. The highest BCUT2D eigenvalue weighted by Gasteiger charge is 2.58. The molecule has 2 fully saturated rings. The van der Waals surface area contributed by atoms with Crippen LogP contribution in [0.15, 0.2) is 11.6 Å². The first-order chi connectivity index (χ1) is 15.2. The van der Waals surface area contributed by atoms with Gasteiger partial charge in [0.1, 0.15) is 5.60 Å². The second kappa shape index (κ2) is 7.00. The molecule has 0 bridgehead atoms. The zero-order valence-corrected chi connectivity index (χ0v) is 19.5. The molecule has 3 aliphatic carbocycles. The van der Waals surface area contributed by atoms with E-state index >= 15 is 0 Å². The van der Waals surface area contributed by atoms with Gasteiger partial charge in [0.25, 0.3) is 0 Å². The van der Waals surface area contributed by atoms with Crippen LogP contribution in [0.1, 0.15) is 94.6 Å². The third-order valence-corrected chi connectivity index (χ3v) is 12.5. The van der Waals surface area contributed by atoms with Crippen molar-refractivity contribution in [1.29, 1.82) is 0 Å². The van der Waals surface area contributed by atoms with Gasteiger partial charge in [-0.25, -0.2) is 0 Å². The number of hydrogen-bond donors (Lipinski definition) is 1. The van der Waals surface area contributed by atoms with Crippen molar-refractivity contribution in [1.82, 2.24) is 0 Å². The van der Waals surface area contributed by atoms with Gasteiger partial charge in [-0.2, -0.15) is 0 Å². The van der Waals surface area contributed by atoms with Crippen molar-refractivity contribution in [3.05, 3.63) is 11.6 Å². The molecule has 3 aliphatic rings. The van der Waals surface area contributed by atoms with E-state index in [1.54, 1.807) is 0 Å². The Balaban J connectivity index is 1.82. The molecule has 158 valence electrons. The molecule has 2 saturated carbocycles. The number of fused-ring (bicyclic) bond motifs is 1. The molecule has 3 atom stereocenters. The van der Waals surface area contributed by atoms with Crippen LogP contribution in [0.25, 0.3) is 0 Å². The van der Waals surface area contributed by atoms with Crippen molar-refractivity contribution in [2.75, 3.05) is 0 Å². The largest absolute Gasteiger partial charge is 0.414 e. The van der Waals surface area contributed by atoms with Gasteiger partial charge in [-0.3, -0.25) is 0 Å². The van der Waals surface area contributed by atoms with Gasteiger partial charge in [-0.15, -0.1) is 0 Å². The maximum atomic E-state index is 10.5. The van der Waals surface area contributed by atoms with Crippen LogP contribution in [0.5, 0.6) is 0 Å². The van der Waals surface area contributed by atoms with E-state index in [0.717, 1.165) is 38.5 Å². The highest BCUT2D eigenvalue weighted by Crippen LogP contribution is 2.67. The molecule has 0 aromatic carbocycles. The zero-order valence-electron chi connectivity index (χ0n) is 24.5. The van der Waals surface area contributed by atoms with Gasteiger partial charge in [0, 0.05) is 26.2 Å². The van der Waals surface area contributed by atoms with Crippen LogP contribution in [0.3, 0.4) is 0 Å². The minimum absolute atomic E-state index is 0.0216. The summed E-state index contributed by atoms with van der Waals surface area (Å²) in [6, 6.07) is 0. The SMILES string of the molecule is [2H]C([2H])([2H])C(O)(C#CCC1(C2=CCC3C(O[Si](C)(C)C(C)(C)C)CCCC23C)CC1)C([2H])([2H])[2H]. The fourth-order valence-corrected chi connectivity index (χ4v) is 6.64. The Morgan fingerprint density at radius 3 is 2.54 bits per heavy atom. The van der Waals surface area contributed by atoms with E-state index in [2.05, 4.69) is 58.7 Å². The Hall–Kier alpha value is -0.563. The quantitative estimate of drug-likeness (QED) is 0.329. The highest BCUT2D eigenvalue weighted by molar-refractivity contribution is 6.74. The third-order valence-electron chi connectivity index (χ3n) is 8.02. The summed E-state index contributed by atoms with van der Waals surface area (Å²) in [7, 11) is -1.90. The minimum Gasteiger partial charge on any atom is -0.414 e. The van der Waals surface area contributed by atoms with Gasteiger partial charge >= 0.3 is 0 Å². The van der Waals surface area contributed by atoms with E-state index in [1.807, 2.05) is 0 Å². The molecular formula is C25H42O2Si. The third kappa shape index (κ3) is 4.16. The van der Waals surface area contributed by atoms with E-state index in [1.165, 1.54) is 5.57 Å². The van der Waals surface area contributed by atoms with E-state index < -0.39 is 27.6 Å². The lowest BCUT2D eigenvalue weighted by Gasteiger charge is -2.49. The highest BCUT2D eigenvalue weighted by atomic mass is 28.4. The van der Waals surface area contributed by atoms with Crippen LogP contribution in [0.4, 0.5) is 0 Å². The topological polar surface area (TPSA) is 29.5 Å². The second-order valence-corrected chi connectivity index (χ2v) is 15.9. The molecule has 0 aromatic rings. The maximum Gasteiger partial charge on any atom is 0.192 e. The maximum absolute atomic E-state index is 10.5. The molecule has 3 rings (SSSR count). The van der Waals surface area contributed by atoms with Gasteiger partial charge in [-0.1, -0.05) is 57.6 Å². The van der Waals surface area contributed by atoms with Gasteiger partial charge in [0.2, 0.25) is 0 Å². The summed E-state index contributed by atoms with van der Waals surface area (Å²) in [5.41, 5.74) is -1.73. The first-order valence-corrected chi connectivity index (χ1v) is 13.7. The Kier molecular flexibility index (Phi) is 3.82. The van der Waals surface area contributed by atoms with E-state index in [9.17, 15) is 5.11 Å². The van der Waals surface area contributed by atoms with Gasteiger partial charge in [-0.05, 0) is 75.3 Å². The van der Waals surface area contributed by atoms with Gasteiger partial charge < -0.3 is 9.53 Å². The number of allylic oxidation sites excluding steroid dienone is 2. The number of rotatable bonds is 4. The summed E-state index contributed by atoms with van der Waals surface area (Å²) in [5, 5.41) is 10.6. The van der Waals surface area contributed by atoms with Crippen molar-refractivity contribution >= 4 is 8.32 Å². The van der Waals surface area contributed by atoms with E-state index in [4.69, 9.17) is 12.7 Å². The molecule has 0 radical (unpaired) electrons. The molecule has 0 heterocycles. The van der Waals surface area contributed by atoms with Crippen molar-refractivity contribution in [2.24, 2.45) is 16.7 Å². The first kappa shape index (κ1) is 15.3.